The van der Waals surface area contributed by atoms with Crippen LogP contribution in [0.2, 0.25) is 0 Å². The van der Waals surface area contributed by atoms with Crippen LogP contribution < -0.4 is 19.7 Å². The van der Waals surface area contributed by atoms with Crippen molar-refractivity contribution < 1.29 is 42.1 Å². The number of imide groups is 1. The summed E-state index contributed by atoms with van der Waals surface area (Å²) in [5, 5.41) is 14.9. The number of benzene rings is 3. The highest BCUT2D eigenvalue weighted by Gasteiger charge is 2.68. The van der Waals surface area contributed by atoms with Crippen LogP contribution in [0.1, 0.15) is 17.5 Å². The van der Waals surface area contributed by atoms with Crippen LogP contribution in [-0.2, 0) is 30.9 Å². The summed E-state index contributed by atoms with van der Waals surface area (Å²) in [4.78, 5) is 41.9. The van der Waals surface area contributed by atoms with Crippen molar-refractivity contribution >= 4 is 33.6 Å². The first-order valence-corrected chi connectivity index (χ1v) is 16.3. The van der Waals surface area contributed by atoms with Gasteiger partial charge in [0.2, 0.25) is 21.8 Å². The molecular weight excluding hydrogens is 614 g/mol. The van der Waals surface area contributed by atoms with E-state index in [1.165, 1.54) is 26.4 Å². The predicted octanol–water partition coefficient (Wildman–Crippen LogP) is 2.87. The van der Waals surface area contributed by atoms with E-state index in [1.807, 2.05) is 6.92 Å². The number of anilines is 1. The van der Waals surface area contributed by atoms with E-state index in [2.05, 4.69) is 5.32 Å². The van der Waals surface area contributed by atoms with Crippen molar-refractivity contribution in [2.75, 3.05) is 32.2 Å². The second-order valence-electron chi connectivity index (χ2n) is 11.9. The van der Waals surface area contributed by atoms with Gasteiger partial charge >= 0.3 is 6.09 Å². The number of hydrogen-bond acceptors (Lipinski definition) is 9. The van der Waals surface area contributed by atoms with Crippen LogP contribution in [0.4, 0.5) is 10.5 Å². The summed E-state index contributed by atoms with van der Waals surface area (Å²) in [5.74, 6) is -2.96. The van der Waals surface area contributed by atoms with Crippen LogP contribution in [0.3, 0.4) is 0 Å². The van der Waals surface area contributed by atoms with E-state index in [-0.39, 0.29) is 24.4 Å². The zero-order valence-corrected chi connectivity index (χ0v) is 26.4. The molecule has 3 aromatic rings. The minimum Gasteiger partial charge on any atom is -0.493 e. The second kappa shape index (κ2) is 12.0. The molecule has 3 amide bonds. The molecule has 1 saturated carbocycles. The molecular formula is C33H35N3O9S. The summed E-state index contributed by atoms with van der Waals surface area (Å²) in [6, 6.07) is 19.9. The number of rotatable bonds is 8. The molecule has 3 fully saturated rings. The molecule has 2 heterocycles. The molecule has 0 bridgehead atoms. The topological polar surface area (TPSA) is 152 Å². The highest BCUT2D eigenvalue weighted by molar-refractivity contribution is 7.89. The highest BCUT2D eigenvalue weighted by atomic mass is 32.2. The van der Waals surface area contributed by atoms with Gasteiger partial charge in [-0.2, -0.15) is 4.31 Å². The summed E-state index contributed by atoms with van der Waals surface area (Å²) in [7, 11) is -1.10. The van der Waals surface area contributed by atoms with Gasteiger partial charge in [0, 0.05) is 25.6 Å². The molecule has 46 heavy (non-hydrogen) atoms. The molecule has 242 valence electrons. The Balaban J connectivity index is 1.29. The van der Waals surface area contributed by atoms with Crippen molar-refractivity contribution in [2.24, 2.45) is 17.8 Å². The number of hydrogen-bond donors (Lipinski definition) is 2. The zero-order valence-electron chi connectivity index (χ0n) is 25.6. The number of aryl methyl sites for hydroxylation is 1. The van der Waals surface area contributed by atoms with Gasteiger partial charge in [-0.15, -0.1) is 0 Å². The summed E-state index contributed by atoms with van der Waals surface area (Å²) >= 11 is 0. The van der Waals surface area contributed by atoms with Gasteiger partial charge in [-0.25, -0.2) is 13.2 Å². The number of carbonyl (C=O) groups excluding carboxylic acids is 3. The average molecular weight is 650 g/mol. The van der Waals surface area contributed by atoms with E-state index < -0.39 is 63.9 Å². The number of alkyl carbamates (subject to hydrolysis) is 1. The molecule has 2 N–H and O–H groups in total. The minimum atomic E-state index is -4.10. The fraction of sp³-hybridized carbons (Fsp3) is 0.364. The van der Waals surface area contributed by atoms with Crippen molar-refractivity contribution in [2.45, 2.75) is 36.5 Å². The van der Waals surface area contributed by atoms with Gasteiger partial charge in [-0.1, -0.05) is 42.0 Å². The van der Waals surface area contributed by atoms with Gasteiger partial charge in [-0.3, -0.25) is 14.5 Å². The molecule has 12 nitrogen and oxygen atoms in total. The Morgan fingerprint density at radius 3 is 2.35 bits per heavy atom. The number of para-hydroxylation sites is 1. The second-order valence-corrected chi connectivity index (χ2v) is 13.8. The largest absolute Gasteiger partial charge is 0.493 e. The molecule has 3 aliphatic rings. The van der Waals surface area contributed by atoms with Crippen molar-refractivity contribution in [1.82, 2.24) is 9.62 Å². The van der Waals surface area contributed by atoms with E-state index in [4.69, 9.17) is 14.2 Å². The Morgan fingerprint density at radius 2 is 1.67 bits per heavy atom. The minimum absolute atomic E-state index is 0.0294. The Morgan fingerprint density at radius 1 is 0.978 bits per heavy atom. The van der Waals surface area contributed by atoms with Gasteiger partial charge in [0.1, 0.15) is 11.7 Å². The lowest BCUT2D eigenvalue weighted by Gasteiger charge is -2.44. The Kier molecular flexibility index (Phi) is 8.25. The Bertz CT molecular complexity index is 1770. The Hall–Kier alpha value is -4.46. The lowest BCUT2D eigenvalue weighted by molar-refractivity contribution is -0.156. The first-order chi connectivity index (χ1) is 22.0. The standard InChI is InChI=1S/C33H35N3O9S/c1-20-9-12-23(13-10-20)46(41,42)35-18-25-29-24(30(37)36(31(29)38)22-7-5-4-6-8-22)16-28(33(25,40)19-35)45-32(39)34-17-21-11-14-26(43-2)27(15-21)44-3/h4-15,24-25,28-29,40H,16-19H2,1-3H3,(H,34,39)/t24-,25-,28-,29-,33+/m0/s1. The van der Waals surface area contributed by atoms with Crippen LogP contribution in [0.25, 0.3) is 0 Å². The number of methoxy groups -OCH3 is 2. The smallest absolute Gasteiger partial charge is 0.407 e. The van der Waals surface area contributed by atoms with Gasteiger partial charge in [0.15, 0.2) is 11.5 Å². The zero-order chi connectivity index (χ0) is 32.8. The van der Waals surface area contributed by atoms with Gasteiger partial charge in [0.05, 0.1) is 36.6 Å². The number of nitrogens with zero attached hydrogens (tertiary/aromatic N) is 2. The molecule has 2 aliphatic heterocycles. The molecule has 0 unspecified atom stereocenters. The molecule has 13 heteroatoms. The van der Waals surface area contributed by atoms with Crippen molar-refractivity contribution in [3.8, 4) is 11.5 Å². The van der Waals surface area contributed by atoms with Crippen LogP contribution in [0.15, 0.2) is 77.7 Å². The normalized spacial score (nSPS) is 26.0. The van der Waals surface area contributed by atoms with E-state index in [0.29, 0.717) is 22.7 Å². The molecule has 3 aromatic carbocycles. The fourth-order valence-electron chi connectivity index (χ4n) is 6.85. The van der Waals surface area contributed by atoms with Crippen LogP contribution in [-0.4, -0.2) is 74.8 Å². The van der Waals surface area contributed by atoms with E-state index in [1.54, 1.807) is 60.7 Å². The SMILES string of the molecule is COc1ccc(CNC(=O)O[C@H]2C[C@@H]3C(=O)N(c4ccccc4)C(=O)[C@@H]3[C@@H]3CN(S(=O)(=O)c4ccc(C)cc4)C[C@]23O)cc1OC. The molecule has 2 saturated heterocycles. The molecule has 0 spiro atoms. The van der Waals surface area contributed by atoms with Crippen molar-refractivity contribution in [1.29, 1.82) is 0 Å². The van der Waals surface area contributed by atoms with Crippen molar-refractivity contribution in [3.63, 3.8) is 0 Å². The molecule has 1 aliphatic carbocycles. The highest BCUT2D eigenvalue weighted by Crippen LogP contribution is 2.52. The summed E-state index contributed by atoms with van der Waals surface area (Å²) in [6.45, 7) is 1.23. The number of amides is 3. The first kappa shape index (κ1) is 31.5. The third-order valence-corrected chi connectivity index (χ3v) is 11.0. The predicted molar refractivity (Wildman–Crippen MR) is 166 cm³/mol. The van der Waals surface area contributed by atoms with E-state index in [9.17, 15) is 27.9 Å². The fourth-order valence-corrected chi connectivity index (χ4v) is 8.36. The van der Waals surface area contributed by atoms with E-state index >= 15 is 0 Å². The summed E-state index contributed by atoms with van der Waals surface area (Å²) in [5.41, 5.74) is -0.00885. The first-order valence-electron chi connectivity index (χ1n) is 14.9. The average Bonchev–Trinajstić information content (AvgIpc) is 3.54. The number of carbonyl (C=O) groups is 3. The number of nitrogens with one attached hydrogen (secondary N) is 1. The number of sulfonamides is 1. The third kappa shape index (κ3) is 5.37. The van der Waals surface area contributed by atoms with Crippen LogP contribution in [0, 0.1) is 24.7 Å². The van der Waals surface area contributed by atoms with Gasteiger partial charge in [-0.05, 0) is 55.3 Å². The summed E-state index contributed by atoms with van der Waals surface area (Å²) < 4.78 is 45.0. The molecule has 0 aromatic heterocycles. The maximum atomic E-state index is 13.9. The maximum Gasteiger partial charge on any atom is 0.407 e. The number of β-amino-alcohol motifs (C(OH)–C–C–N with tert-alkyl or cyclic N) is 1. The molecule has 5 atom stereocenters. The summed E-state index contributed by atoms with van der Waals surface area (Å²) in [6.07, 6.45) is -2.31. The van der Waals surface area contributed by atoms with Crippen molar-refractivity contribution in [3.05, 3.63) is 83.9 Å². The maximum absolute atomic E-state index is 13.9. The van der Waals surface area contributed by atoms with E-state index in [0.717, 1.165) is 14.8 Å². The number of ether oxygens (including phenoxy) is 3. The lowest BCUT2D eigenvalue weighted by Crippen LogP contribution is -2.59. The number of aliphatic hydroxyl groups is 1. The quantitative estimate of drug-likeness (QED) is 0.351. The lowest BCUT2D eigenvalue weighted by atomic mass is 9.65. The van der Waals surface area contributed by atoms with Gasteiger partial charge < -0.3 is 24.6 Å². The Labute approximate surface area is 266 Å². The third-order valence-electron chi connectivity index (χ3n) is 9.21. The van der Waals surface area contributed by atoms with Gasteiger partial charge in [0.25, 0.3) is 0 Å². The molecule has 0 radical (unpaired) electrons. The van der Waals surface area contributed by atoms with Crippen LogP contribution in [0.5, 0.6) is 11.5 Å². The monoisotopic (exact) mass is 649 g/mol. The van der Waals surface area contributed by atoms with Crippen LogP contribution >= 0.6 is 0 Å². The molecule has 6 rings (SSSR count). The number of fused-ring (bicyclic) bond motifs is 3.